The lowest BCUT2D eigenvalue weighted by atomic mass is 10.1. The lowest BCUT2D eigenvalue weighted by Crippen LogP contribution is -2.32. The second kappa shape index (κ2) is 9.74. The molecule has 1 N–H and O–H groups in total. The Bertz CT molecular complexity index is 697. The molecule has 0 aliphatic heterocycles. The maximum Gasteiger partial charge on any atom is 0.303 e. The zero-order chi connectivity index (χ0) is 18.1. The molecule has 132 valence electrons. The number of amides is 1. The van der Waals surface area contributed by atoms with Gasteiger partial charge in [0, 0.05) is 32.4 Å². The third-order valence-corrected chi connectivity index (χ3v) is 4.66. The van der Waals surface area contributed by atoms with Crippen molar-refractivity contribution in [2.24, 2.45) is 0 Å². The molecule has 0 saturated heterocycles. The van der Waals surface area contributed by atoms with E-state index in [4.69, 9.17) is 5.11 Å². The fraction of sp³-hybridized carbons (Fsp3) is 0.316. The van der Waals surface area contributed by atoms with Crippen LogP contribution in [-0.2, 0) is 16.1 Å². The van der Waals surface area contributed by atoms with Gasteiger partial charge in [0.1, 0.15) is 0 Å². The molecule has 1 aromatic carbocycles. The van der Waals surface area contributed by atoms with Crippen molar-refractivity contribution in [2.45, 2.75) is 32.2 Å². The van der Waals surface area contributed by atoms with Crippen LogP contribution in [-0.4, -0.2) is 34.2 Å². The molecule has 2 aromatic rings. The van der Waals surface area contributed by atoms with Crippen LogP contribution in [0.2, 0.25) is 0 Å². The molecule has 0 aliphatic rings. The van der Waals surface area contributed by atoms with Crippen molar-refractivity contribution in [2.75, 3.05) is 6.54 Å². The number of carboxylic acids is 1. The highest BCUT2D eigenvalue weighted by Gasteiger charge is 2.17. The number of carbonyl (C=O) groups is 3. The van der Waals surface area contributed by atoms with E-state index in [-0.39, 0.29) is 31.0 Å². The summed E-state index contributed by atoms with van der Waals surface area (Å²) in [4.78, 5) is 37.6. The fourth-order valence-electron chi connectivity index (χ4n) is 2.46. The summed E-state index contributed by atoms with van der Waals surface area (Å²) in [6, 6.07) is 13.1. The Kier molecular flexibility index (Phi) is 7.35. The Hall–Kier alpha value is -2.47. The zero-order valence-electron chi connectivity index (χ0n) is 13.9. The van der Waals surface area contributed by atoms with Gasteiger partial charge >= 0.3 is 5.97 Å². The molecule has 0 bridgehead atoms. The fourth-order valence-corrected chi connectivity index (χ4v) is 3.15. The molecule has 0 radical (unpaired) electrons. The van der Waals surface area contributed by atoms with E-state index in [1.54, 1.807) is 11.0 Å². The molecule has 0 fully saturated rings. The van der Waals surface area contributed by atoms with Crippen LogP contribution >= 0.6 is 11.3 Å². The second-order valence-corrected chi connectivity index (χ2v) is 6.65. The third kappa shape index (κ3) is 6.51. The lowest BCUT2D eigenvalue weighted by molar-refractivity contribution is -0.138. The normalized spacial score (nSPS) is 10.4. The van der Waals surface area contributed by atoms with E-state index in [1.165, 1.54) is 11.3 Å². The quantitative estimate of drug-likeness (QED) is 0.658. The molecular weight excluding hydrogens is 338 g/mol. The minimum atomic E-state index is -0.875. The van der Waals surface area contributed by atoms with Gasteiger partial charge in [0.05, 0.1) is 4.88 Å². The number of Topliss-reactive ketones (excluding diaryl/α,β-unsaturated/α-hetero) is 1. The van der Waals surface area contributed by atoms with Gasteiger partial charge in [-0.2, -0.15) is 0 Å². The van der Waals surface area contributed by atoms with Crippen LogP contribution in [0.3, 0.4) is 0 Å². The number of rotatable bonds is 10. The Morgan fingerprint density at radius 3 is 2.36 bits per heavy atom. The number of ketones is 1. The van der Waals surface area contributed by atoms with E-state index in [1.807, 2.05) is 41.8 Å². The molecule has 2 rings (SSSR count). The van der Waals surface area contributed by atoms with Crippen molar-refractivity contribution in [1.82, 2.24) is 4.90 Å². The molecule has 0 aliphatic carbocycles. The smallest absolute Gasteiger partial charge is 0.303 e. The van der Waals surface area contributed by atoms with Gasteiger partial charge in [0.15, 0.2) is 5.78 Å². The molecular formula is C19H21NO4S. The number of aliphatic carboxylic acids is 1. The van der Waals surface area contributed by atoms with Crippen LogP contribution in [0, 0.1) is 0 Å². The number of hydrogen-bond acceptors (Lipinski definition) is 4. The molecule has 1 aromatic heterocycles. The van der Waals surface area contributed by atoms with Crippen LogP contribution in [0.25, 0.3) is 0 Å². The summed E-state index contributed by atoms with van der Waals surface area (Å²) in [5, 5.41) is 10.6. The van der Waals surface area contributed by atoms with Gasteiger partial charge in [-0.3, -0.25) is 14.4 Å². The minimum Gasteiger partial charge on any atom is -0.481 e. The highest BCUT2D eigenvalue weighted by Crippen LogP contribution is 2.14. The van der Waals surface area contributed by atoms with Crippen LogP contribution in [0.1, 0.15) is 40.9 Å². The van der Waals surface area contributed by atoms with Gasteiger partial charge in [-0.15, -0.1) is 11.3 Å². The summed E-state index contributed by atoms with van der Waals surface area (Å²) in [5.41, 5.74) is 0.982. The van der Waals surface area contributed by atoms with Crippen LogP contribution in [0.15, 0.2) is 47.8 Å². The number of thiophene rings is 1. The molecule has 0 unspecified atom stereocenters. The number of hydrogen-bond donors (Lipinski definition) is 1. The monoisotopic (exact) mass is 359 g/mol. The maximum absolute atomic E-state index is 12.5. The summed E-state index contributed by atoms with van der Waals surface area (Å²) in [6.07, 6.45) is 0.722. The Morgan fingerprint density at radius 2 is 1.72 bits per heavy atom. The second-order valence-electron chi connectivity index (χ2n) is 5.70. The van der Waals surface area contributed by atoms with Crippen molar-refractivity contribution < 1.29 is 19.5 Å². The molecule has 1 amide bonds. The Labute approximate surface area is 150 Å². The predicted octanol–water partition coefficient (Wildman–Crippen LogP) is 3.60. The number of carboxylic acid groups (broad SMARTS) is 1. The number of benzene rings is 1. The first kappa shape index (κ1) is 18.9. The van der Waals surface area contributed by atoms with E-state index < -0.39 is 5.97 Å². The van der Waals surface area contributed by atoms with Gasteiger partial charge in [0.25, 0.3) is 0 Å². The molecule has 5 nitrogen and oxygen atoms in total. The molecule has 25 heavy (non-hydrogen) atoms. The van der Waals surface area contributed by atoms with Crippen LogP contribution in [0.4, 0.5) is 0 Å². The number of nitrogens with zero attached hydrogens (tertiary/aromatic N) is 1. The van der Waals surface area contributed by atoms with E-state index in [2.05, 4.69) is 0 Å². The van der Waals surface area contributed by atoms with Crippen LogP contribution < -0.4 is 0 Å². The lowest BCUT2D eigenvalue weighted by Gasteiger charge is -2.22. The molecule has 0 saturated carbocycles. The average Bonchev–Trinajstić information content (AvgIpc) is 3.14. The first-order valence-electron chi connectivity index (χ1n) is 8.16. The van der Waals surface area contributed by atoms with Gasteiger partial charge in [-0.25, -0.2) is 0 Å². The van der Waals surface area contributed by atoms with Crippen molar-refractivity contribution in [3.05, 3.63) is 58.3 Å². The zero-order valence-corrected chi connectivity index (χ0v) is 14.7. The van der Waals surface area contributed by atoms with Gasteiger partial charge in [-0.1, -0.05) is 36.4 Å². The summed E-state index contributed by atoms with van der Waals surface area (Å²) in [6.45, 7) is 0.791. The molecule has 0 atom stereocenters. The maximum atomic E-state index is 12.5. The van der Waals surface area contributed by atoms with Gasteiger partial charge in [0.2, 0.25) is 5.91 Å². The summed E-state index contributed by atoms with van der Waals surface area (Å²) < 4.78 is 0. The van der Waals surface area contributed by atoms with E-state index in [0.717, 1.165) is 5.56 Å². The van der Waals surface area contributed by atoms with E-state index >= 15 is 0 Å². The Balaban J connectivity index is 1.93. The van der Waals surface area contributed by atoms with Crippen molar-refractivity contribution in [3.8, 4) is 0 Å². The topological polar surface area (TPSA) is 74.7 Å². The van der Waals surface area contributed by atoms with Crippen molar-refractivity contribution in [3.63, 3.8) is 0 Å². The van der Waals surface area contributed by atoms with E-state index in [0.29, 0.717) is 24.4 Å². The third-order valence-electron chi connectivity index (χ3n) is 3.75. The first-order chi connectivity index (χ1) is 12.1. The van der Waals surface area contributed by atoms with Crippen molar-refractivity contribution in [1.29, 1.82) is 0 Å². The molecule has 1 heterocycles. The van der Waals surface area contributed by atoms with Crippen LogP contribution in [0.5, 0.6) is 0 Å². The SMILES string of the molecule is O=C(O)CCCN(Cc1ccccc1)C(=O)CCC(=O)c1cccs1. The largest absolute Gasteiger partial charge is 0.481 e. The molecule has 0 spiro atoms. The average molecular weight is 359 g/mol. The standard InChI is InChI=1S/C19H21NO4S/c21-16(17-8-5-13-25-17)10-11-18(22)20(12-4-9-19(23)24)14-15-6-2-1-3-7-15/h1-3,5-8,13H,4,9-12,14H2,(H,23,24). The highest BCUT2D eigenvalue weighted by atomic mass is 32.1. The van der Waals surface area contributed by atoms with Crippen molar-refractivity contribution >= 4 is 29.0 Å². The minimum absolute atomic E-state index is 0.0205. The summed E-state index contributed by atoms with van der Waals surface area (Å²) in [7, 11) is 0. The Morgan fingerprint density at radius 1 is 0.960 bits per heavy atom. The molecule has 6 heteroatoms. The first-order valence-corrected chi connectivity index (χ1v) is 9.04. The summed E-state index contributed by atoms with van der Waals surface area (Å²) >= 11 is 1.37. The predicted molar refractivity (Wildman–Crippen MR) is 96.6 cm³/mol. The number of carbonyl (C=O) groups excluding carboxylic acids is 2. The van der Waals surface area contributed by atoms with E-state index in [9.17, 15) is 14.4 Å². The van der Waals surface area contributed by atoms with Gasteiger partial charge in [-0.05, 0) is 23.4 Å². The van der Waals surface area contributed by atoms with Gasteiger partial charge < -0.3 is 10.0 Å². The highest BCUT2D eigenvalue weighted by molar-refractivity contribution is 7.12. The summed E-state index contributed by atoms with van der Waals surface area (Å²) in [5.74, 6) is -1.03.